The average molecular weight is 333 g/mol. The van der Waals surface area contributed by atoms with E-state index in [2.05, 4.69) is 15.3 Å². The van der Waals surface area contributed by atoms with Gasteiger partial charge in [-0.1, -0.05) is 12.1 Å². The predicted molar refractivity (Wildman–Crippen MR) is 83.1 cm³/mol. The molecule has 0 unspecified atom stereocenters. The molecule has 2 aromatic carbocycles. The number of carbonyl (C=O) groups is 1. The topological polar surface area (TPSA) is 57.8 Å². The molecule has 0 spiro atoms. The molecule has 7 heteroatoms. The molecule has 0 atom stereocenters. The molecule has 1 aromatic heterocycles. The van der Waals surface area contributed by atoms with Crippen LogP contribution in [0, 0.1) is 5.82 Å². The molecule has 0 radical (unpaired) electrons. The Morgan fingerprint density at radius 2 is 1.83 bits per heavy atom. The Balaban J connectivity index is 1.61. The molecule has 124 valence electrons. The van der Waals surface area contributed by atoms with Gasteiger partial charge in [-0.15, -0.1) is 0 Å². The van der Waals surface area contributed by atoms with Gasteiger partial charge in [0.05, 0.1) is 11.0 Å². The summed E-state index contributed by atoms with van der Waals surface area (Å²) in [5, 5.41) is 2.19. The second-order valence-corrected chi connectivity index (χ2v) is 5.29. The summed E-state index contributed by atoms with van der Waals surface area (Å²) in [7, 11) is 0. The number of fused-ring (bicyclic) bond motifs is 1. The summed E-state index contributed by atoms with van der Waals surface area (Å²) in [6, 6.07) is 11.0. The van der Waals surface area contributed by atoms with Crippen molar-refractivity contribution in [2.24, 2.45) is 0 Å². The van der Waals surface area contributed by atoms with Gasteiger partial charge in [0.15, 0.2) is 0 Å². The van der Waals surface area contributed by atoms with Crippen LogP contribution in [0.5, 0.6) is 0 Å². The molecule has 3 aromatic rings. The lowest BCUT2D eigenvalue weighted by atomic mass is 10.1. The van der Waals surface area contributed by atoms with Crippen molar-refractivity contribution in [1.82, 2.24) is 15.3 Å². The molecule has 4 nitrogen and oxygen atoms in total. The van der Waals surface area contributed by atoms with Crippen LogP contribution in [0.1, 0.15) is 11.4 Å². The van der Waals surface area contributed by atoms with E-state index in [-0.39, 0.29) is 6.54 Å². The number of aromatic amines is 1. The molecular formula is C17H14F3N3O. The molecule has 0 fully saturated rings. The number of halogens is 3. The smallest absolute Gasteiger partial charge is 0.349 e. The van der Waals surface area contributed by atoms with Crippen molar-refractivity contribution >= 4 is 16.9 Å². The highest BCUT2D eigenvalue weighted by Crippen LogP contribution is 2.28. The van der Waals surface area contributed by atoms with Crippen LogP contribution in [-0.4, -0.2) is 22.4 Å². The quantitative estimate of drug-likeness (QED) is 0.753. The maximum Gasteiger partial charge on any atom is 0.349 e. The summed E-state index contributed by atoms with van der Waals surface area (Å²) < 4.78 is 40.8. The van der Waals surface area contributed by atoms with Gasteiger partial charge in [0, 0.05) is 18.5 Å². The number of amides is 1. The van der Waals surface area contributed by atoms with Crippen molar-refractivity contribution in [3.63, 3.8) is 0 Å². The van der Waals surface area contributed by atoms with Gasteiger partial charge in [-0.25, -0.2) is 9.37 Å². The number of hydrogen-bond donors (Lipinski definition) is 2. The minimum Gasteiger partial charge on any atom is -0.350 e. The summed E-state index contributed by atoms with van der Waals surface area (Å²) >= 11 is 0. The van der Waals surface area contributed by atoms with E-state index in [4.69, 9.17) is 0 Å². The first-order valence-electron chi connectivity index (χ1n) is 7.32. The highest BCUT2D eigenvalue weighted by molar-refractivity contribution is 5.84. The number of imidazole rings is 1. The third kappa shape index (κ3) is 3.24. The van der Waals surface area contributed by atoms with Gasteiger partial charge < -0.3 is 10.3 Å². The number of alkyl halides is 2. The molecule has 1 amide bonds. The first-order chi connectivity index (χ1) is 11.5. The Morgan fingerprint density at radius 3 is 2.54 bits per heavy atom. The van der Waals surface area contributed by atoms with Crippen molar-refractivity contribution in [2.45, 2.75) is 12.3 Å². The van der Waals surface area contributed by atoms with Crippen molar-refractivity contribution in [1.29, 1.82) is 0 Å². The zero-order valence-electron chi connectivity index (χ0n) is 12.5. The normalized spacial score (nSPS) is 11.6. The Bertz CT molecular complexity index is 826. The lowest BCUT2D eigenvalue weighted by Crippen LogP contribution is -2.39. The minimum atomic E-state index is -3.72. The fourth-order valence-electron chi connectivity index (χ4n) is 2.32. The number of aromatic nitrogens is 2. The van der Waals surface area contributed by atoms with E-state index >= 15 is 0 Å². The van der Waals surface area contributed by atoms with E-state index in [1.54, 1.807) is 0 Å². The maximum atomic E-state index is 14.0. The standard InChI is InChI=1S/C17H14F3N3O/c18-12-7-5-11(6-8-12)17(19,20)16(24)21-10-9-15-22-13-3-1-2-4-14(13)23-15/h1-8H,9-10H2,(H,21,24)(H,22,23). The molecule has 3 rings (SSSR count). The Morgan fingerprint density at radius 1 is 1.12 bits per heavy atom. The lowest BCUT2D eigenvalue weighted by Gasteiger charge is -2.16. The van der Waals surface area contributed by atoms with Gasteiger partial charge in [0.2, 0.25) is 0 Å². The third-order valence-corrected chi connectivity index (χ3v) is 3.58. The molecule has 0 aliphatic carbocycles. The second kappa shape index (κ2) is 6.35. The molecule has 0 aliphatic heterocycles. The summed E-state index contributed by atoms with van der Waals surface area (Å²) in [4.78, 5) is 19.1. The van der Waals surface area contributed by atoms with Gasteiger partial charge in [-0.2, -0.15) is 8.78 Å². The monoisotopic (exact) mass is 333 g/mol. The summed E-state index contributed by atoms with van der Waals surface area (Å²) in [5.74, 6) is -5.19. The van der Waals surface area contributed by atoms with E-state index in [1.807, 2.05) is 24.3 Å². The number of rotatable bonds is 5. The highest BCUT2D eigenvalue weighted by Gasteiger charge is 2.40. The molecule has 1 heterocycles. The highest BCUT2D eigenvalue weighted by atomic mass is 19.3. The van der Waals surface area contributed by atoms with Crippen molar-refractivity contribution < 1.29 is 18.0 Å². The summed E-state index contributed by atoms with van der Waals surface area (Å²) in [6.07, 6.45) is 0.292. The van der Waals surface area contributed by atoms with Gasteiger partial charge >= 0.3 is 5.92 Å². The van der Waals surface area contributed by atoms with E-state index in [0.717, 1.165) is 35.3 Å². The summed E-state index contributed by atoms with van der Waals surface area (Å²) in [6.45, 7) is 0.00937. The summed E-state index contributed by atoms with van der Waals surface area (Å²) in [5.41, 5.74) is 1.07. The first kappa shape index (κ1) is 16.0. The van der Waals surface area contributed by atoms with Crippen LogP contribution in [0.25, 0.3) is 11.0 Å². The van der Waals surface area contributed by atoms with Crippen molar-refractivity contribution in [2.75, 3.05) is 6.54 Å². The lowest BCUT2D eigenvalue weighted by molar-refractivity contribution is -0.146. The Kier molecular flexibility index (Phi) is 4.24. The molecule has 0 saturated carbocycles. The van der Waals surface area contributed by atoms with Gasteiger partial charge in [0.25, 0.3) is 5.91 Å². The fraction of sp³-hybridized carbons (Fsp3) is 0.176. The average Bonchev–Trinajstić information content (AvgIpc) is 2.97. The van der Waals surface area contributed by atoms with Gasteiger partial charge in [-0.05, 0) is 36.4 Å². The number of para-hydroxylation sites is 2. The van der Waals surface area contributed by atoms with Crippen LogP contribution < -0.4 is 5.32 Å². The van der Waals surface area contributed by atoms with Crippen molar-refractivity contribution in [3.05, 3.63) is 65.7 Å². The number of hydrogen-bond acceptors (Lipinski definition) is 2. The molecule has 24 heavy (non-hydrogen) atoms. The predicted octanol–water partition coefficient (Wildman–Crippen LogP) is 3.15. The largest absolute Gasteiger partial charge is 0.350 e. The third-order valence-electron chi connectivity index (χ3n) is 3.58. The van der Waals surface area contributed by atoms with Crippen LogP contribution in [-0.2, 0) is 17.1 Å². The Labute approximate surface area is 135 Å². The minimum absolute atomic E-state index is 0.00937. The van der Waals surface area contributed by atoms with Gasteiger partial charge in [0.1, 0.15) is 11.6 Å². The zero-order valence-corrected chi connectivity index (χ0v) is 12.5. The number of H-pyrrole nitrogens is 1. The Hall–Kier alpha value is -2.83. The van der Waals surface area contributed by atoms with E-state index < -0.39 is 23.2 Å². The van der Waals surface area contributed by atoms with Gasteiger partial charge in [-0.3, -0.25) is 4.79 Å². The maximum absolute atomic E-state index is 14.0. The van der Waals surface area contributed by atoms with Crippen LogP contribution in [0.2, 0.25) is 0 Å². The number of carbonyl (C=O) groups excluding carboxylic acids is 1. The van der Waals surface area contributed by atoms with Crippen LogP contribution in [0.15, 0.2) is 48.5 Å². The zero-order chi connectivity index (χ0) is 17.2. The van der Waals surface area contributed by atoms with Crippen molar-refractivity contribution in [3.8, 4) is 0 Å². The van der Waals surface area contributed by atoms with Crippen LogP contribution in [0.3, 0.4) is 0 Å². The molecule has 2 N–H and O–H groups in total. The molecule has 0 saturated heterocycles. The SMILES string of the molecule is O=C(NCCc1nc2ccccc2[nH]1)C(F)(F)c1ccc(F)cc1. The molecular weight excluding hydrogens is 319 g/mol. The number of nitrogens with zero attached hydrogens (tertiary/aromatic N) is 1. The fourth-order valence-corrected chi connectivity index (χ4v) is 2.32. The molecule has 0 aliphatic rings. The second-order valence-electron chi connectivity index (χ2n) is 5.29. The number of nitrogens with one attached hydrogen (secondary N) is 2. The number of benzene rings is 2. The van der Waals surface area contributed by atoms with Crippen LogP contribution in [0.4, 0.5) is 13.2 Å². The van der Waals surface area contributed by atoms with E-state index in [0.29, 0.717) is 12.2 Å². The first-order valence-corrected chi connectivity index (χ1v) is 7.32. The van der Waals surface area contributed by atoms with E-state index in [9.17, 15) is 18.0 Å². The molecule has 0 bridgehead atoms. The van der Waals surface area contributed by atoms with E-state index in [1.165, 1.54) is 0 Å². The van der Waals surface area contributed by atoms with Crippen LogP contribution >= 0.6 is 0 Å².